The molecule has 0 saturated heterocycles. The number of nitrogens with zero attached hydrogens (tertiary/aromatic N) is 4. The van der Waals surface area contributed by atoms with Crippen molar-refractivity contribution in [1.29, 1.82) is 0 Å². The van der Waals surface area contributed by atoms with Gasteiger partial charge in [0.15, 0.2) is 5.13 Å². The van der Waals surface area contributed by atoms with Crippen molar-refractivity contribution in [3.8, 4) is 0 Å². The van der Waals surface area contributed by atoms with E-state index in [1.54, 1.807) is 16.6 Å². The number of aryl methyl sites for hydroxylation is 2. The van der Waals surface area contributed by atoms with Gasteiger partial charge >= 0.3 is 6.09 Å². The molecule has 1 aliphatic heterocycles. The van der Waals surface area contributed by atoms with Crippen LogP contribution in [0.3, 0.4) is 0 Å². The van der Waals surface area contributed by atoms with Gasteiger partial charge in [0.05, 0.1) is 17.9 Å². The molecule has 0 fully saturated rings. The van der Waals surface area contributed by atoms with E-state index in [1.165, 1.54) is 11.3 Å². The van der Waals surface area contributed by atoms with Crippen LogP contribution in [-0.4, -0.2) is 43.8 Å². The standard InChI is InChI=1S/C17H23N5O3S/c1-10-9-26-15(18-10)19-14(23)13-11-8-22(16(24)25-17(2,3)4)7-6-12(11)20-21(13)5/h9H,6-8H2,1-5H3,(H,18,19,23). The molecule has 2 amide bonds. The zero-order valence-electron chi connectivity index (χ0n) is 15.6. The first-order valence-electron chi connectivity index (χ1n) is 8.40. The molecular formula is C17H23N5O3S. The summed E-state index contributed by atoms with van der Waals surface area (Å²) in [5, 5.41) is 9.68. The second-order valence-corrected chi connectivity index (χ2v) is 8.16. The summed E-state index contributed by atoms with van der Waals surface area (Å²) in [5.74, 6) is -0.276. The fourth-order valence-corrected chi connectivity index (χ4v) is 3.52. The highest BCUT2D eigenvalue weighted by molar-refractivity contribution is 7.13. The van der Waals surface area contributed by atoms with Crippen LogP contribution in [0, 0.1) is 6.92 Å². The van der Waals surface area contributed by atoms with Crippen LogP contribution in [0.4, 0.5) is 9.93 Å². The van der Waals surface area contributed by atoms with Gasteiger partial charge < -0.3 is 9.64 Å². The van der Waals surface area contributed by atoms with Gasteiger partial charge in [-0.25, -0.2) is 9.78 Å². The van der Waals surface area contributed by atoms with E-state index in [1.807, 2.05) is 33.1 Å². The summed E-state index contributed by atoms with van der Waals surface area (Å²) in [6.45, 7) is 8.19. The number of rotatable bonds is 2. The van der Waals surface area contributed by atoms with Crippen molar-refractivity contribution in [2.75, 3.05) is 11.9 Å². The van der Waals surface area contributed by atoms with Crippen LogP contribution in [0.5, 0.6) is 0 Å². The van der Waals surface area contributed by atoms with Crippen molar-refractivity contribution in [3.63, 3.8) is 0 Å². The Kier molecular flexibility index (Phi) is 4.74. The molecule has 0 radical (unpaired) electrons. The number of hydrogen-bond acceptors (Lipinski definition) is 6. The summed E-state index contributed by atoms with van der Waals surface area (Å²) >= 11 is 1.37. The molecule has 0 spiro atoms. The molecule has 0 bridgehead atoms. The molecule has 0 atom stereocenters. The second-order valence-electron chi connectivity index (χ2n) is 7.30. The van der Waals surface area contributed by atoms with E-state index in [0.29, 0.717) is 30.3 Å². The molecule has 2 aromatic rings. The Morgan fingerprint density at radius 3 is 2.69 bits per heavy atom. The predicted molar refractivity (Wildman–Crippen MR) is 98.4 cm³/mol. The number of carbonyl (C=O) groups is 2. The summed E-state index contributed by atoms with van der Waals surface area (Å²) in [6.07, 6.45) is 0.209. The predicted octanol–water partition coefficient (Wildman–Crippen LogP) is 2.73. The van der Waals surface area contributed by atoms with Gasteiger partial charge in [0, 0.05) is 31.0 Å². The zero-order valence-corrected chi connectivity index (χ0v) is 16.4. The molecular weight excluding hydrogens is 354 g/mol. The number of thiazole rings is 1. The van der Waals surface area contributed by atoms with Crippen LogP contribution in [0.25, 0.3) is 0 Å². The fraction of sp³-hybridized carbons (Fsp3) is 0.529. The molecule has 26 heavy (non-hydrogen) atoms. The van der Waals surface area contributed by atoms with Crippen molar-refractivity contribution < 1.29 is 14.3 Å². The number of fused-ring (bicyclic) bond motifs is 1. The summed E-state index contributed by atoms with van der Waals surface area (Å²) in [5.41, 5.74) is 2.34. The number of anilines is 1. The number of aromatic nitrogens is 3. The smallest absolute Gasteiger partial charge is 0.410 e. The third-order valence-electron chi connectivity index (χ3n) is 3.90. The quantitative estimate of drug-likeness (QED) is 0.869. The van der Waals surface area contributed by atoms with Crippen LogP contribution < -0.4 is 5.32 Å². The van der Waals surface area contributed by atoms with Crippen LogP contribution in [0.2, 0.25) is 0 Å². The lowest BCUT2D eigenvalue weighted by Gasteiger charge is -2.29. The van der Waals surface area contributed by atoms with Crippen LogP contribution >= 0.6 is 11.3 Å². The molecule has 3 rings (SSSR count). The van der Waals surface area contributed by atoms with Crippen molar-refractivity contribution in [3.05, 3.63) is 28.0 Å². The minimum atomic E-state index is -0.560. The summed E-state index contributed by atoms with van der Waals surface area (Å²) in [7, 11) is 1.73. The van der Waals surface area contributed by atoms with Gasteiger partial charge in [0.25, 0.3) is 5.91 Å². The molecule has 0 aromatic carbocycles. The Hall–Kier alpha value is -2.42. The molecule has 1 aliphatic rings. The lowest BCUT2D eigenvalue weighted by atomic mass is 10.1. The Labute approximate surface area is 156 Å². The Balaban J connectivity index is 1.81. The third-order valence-corrected chi connectivity index (χ3v) is 4.78. The Morgan fingerprint density at radius 2 is 2.08 bits per heavy atom. The molecule has 2 aromatic heterocycles. The molecule has 8 nitrogen and oxygen atoms in total. The minimum Gasteiger partial charge on any atom is -0.444 e. The molecule has 140 valence electrons. The highest BCUT2D eigenvalue weighted by atomic mass is 32.1. The average molecular weight is 377 g/mol. The largest absolute Gasteiger partial charge is 0.444 e. The van der Waals surface area contributed by atoms with Gasteiger partial charge in [-0.3, -0.25) is 14.8 Å². The molecule has 1 N–H and O–H groups in total. The maximum Gasteiger partial charge on any atom is 0.410 e. The van der Waals surface area contributed by atoms with Gasteiger partial charge in [-0.05, 0) is 27.7 Å². The van der Waals surface area contributed by atoms with Crippen LogP contribution in [0.1, 0.15) is 48.2 Å². The van der Waals surface area contributed by atoms with E-state index in [9.17, 15) is 9.59 Å². The Bertz CT molecular complexity index is 849. The Morgan fingerprint density at radius 1 is 1.35 bits per heavy atom. The lowest BCUT2D eigenvalue weighted by Crippen LogP contribution is -2.40. The van der Waals surface area contributed by atoms with Crippen LogP contribution in [0.15, 0.2) is 5.38 Å². The van der Waals surface area contributed by atoms with E-state index in [4.69, 9.17) is 4.74 Å². The maximum absolute atomic E-state index is 12.7. The SMILES string of the molecule is Cc1csc(NC(=O)c2c3c(nn2C)CCN(C(=O)OC(C)(C)C)C3)n1. The zero-order chi connectivity index (χ0) is 19.1. The van der Waals surface area contributed by atoms with Gasteiger partial charge in [-0.15, -0.1) is 11.3 Å². The summed E-state index contributed by atoms with van der Waals surface area (Å²) in [4.78, 5) is 31.0. The highest BCUT2D eigenvalue weighted by Gasteiger charge is 2.31. The van der Waals surface area contributed by atoms with E-state index in [-0.39, 0.29) is 12.0 Å². The number of ether oxygens (including phenoxy) is 1. The van der Waals surface area contributed by atoms with Gasteiger partial charge in [0.1, 0.15) is 11.3 Å². The lowest BCUT2D eigenvalue weighted by molar-refractivity contribution is 0.0222. The van der Waals surface area contributed by atoms with E-state index in [0.717, 1.165) is 17.0 Å². The first kappa shape index (κ1) is 18.4. The maximum atomic E-state index is 12.7. The number of carbonyl (C=O) groups excluding carboxylic acids is 2. The fourth-order valence-electron chi connectivity index (χ4n) is 2.84. The van der Waals surface area contributed by atoms with Crippen molar-refractivity contribution in [2.45, 2.75) is 46.3 Å². The van der Waals surface area contributed by atoms with E-state index < -0.39 is 5.60 Å². The molecule has 0 aliphatic carbocycles. The van der Waals surface area contributed by atoms with Gasteiger partial charge in [0.2, 0.25) is 0 Å². The van der Waals surface area contributed by atoms with Gasteiger partial charge in [-0.2, -0.15) is 5.10 Å². The number of nitrogens with one attached hydrogen (secondary N) is 1. The molecule has 3 heterocycles. The van der Waals surface area contributed by atoms with E-state index >= 15 is 0 Å². The number of hydrogen-bond donors (Lipinski definition) is 1. The van der Waals surface area contributed by atoms with E-state index in [2.05, 4.69) is 15.4 Å². The first-order valence-corrected chi connectivity index (χ1v) is 9.28. The topological polar surface area (TPSA) is 89.4 Å². The molecule has 0 unspecified atom stereocenters. The summed E-state index contributed by atoms with van der Waals surface area (Å²) < 4.78 is 7.02. The molecule has 9 heteroatoms. The molecule has 0 saturated carbocycles. The third kappa shape index (κ3) is 3.87. The first-order chi connectivity index (χ1) is 12.1. The summed E-state index contributed by atoms with van der Waals surface area (Å²) in [6, 6.07) is 0. The van der Waals surface area contributed by atoms with Crippen molar-refractivity contribution in [2.24, 2.45) is 7.05 Å². The monoisotopic (exact) mass is 377 g/mol. The number of amides is 2. The normalized spacial score (nSPS) is 14.1. The van der Waals surface area contributed by atoms with Crippen molar-refractivity contribution in [1.82, 2.24) is 19.7 Å². The van der Waals surface area contributed by atoms with Crippen molar-refractivity contribution >= 4 is 28.5 Å². The second kappa shape index (κ2) is 6.71. The average Bonchev–Trinajstić information content (AvgIpc) is 3.06. The highest BCUT2D eigenvalue weighted by Crippen LogP contribution is 2.25. The van der Waals surface area contributed by atoms with Crippen LogP contribution in [-0.2, 0) is 24.8 Å². The minimum absolute atomic E-state index is 0.276. The van der Waals surface area contributed by atoms with Gasteiger partial charge in [-0.1, -0.05) is 0 Å².